The Labute approximate surface area is 188 Å². The van der Waals surface area contributed by atoms with E-state index in [1.54, 1.807) is 23.0 Å². The zero-order valence-corrected chi connectivity index (χ0v) is 18.2. The van der Waals surface area contributed by atoms with E-state index in [0.29, 0.717) is 35.0 Å². The second-order valence-corrected chi connectivity index (χ2v) is 8.13. The maximum absolute atomic E-state index is 14.6. The summed E-state index contributed by atoms with van der Waals surface area (Å²) in [6.07, 6.45) is 1.71. The smallest absolute Gasteiger partial charge is 0.211 e. The van der Waals surface area contributed by atoms with Gasteiger partial charge in [-0.1, -0.05) is 29.8 Å². The molecule has 0 atom stereocenters. The summed E-state index contributed by atoms with van der Waals surface area (Å²) < 4.78 is 27.5. The SMILES string of the molecule is Cc1ccc(N=c2scc(-c3ccccc3F)n2/N=C/c2ccc3c(c2)OCCO3)cc1. The summed E-state index contributed by atoms with van der Waals surface area (Å²) in [4.78, 5) is 5.38. The summed E-state index contributed by atoms with van der Waals surface area (Å²) in [5.74, 6) is 1.10. The summed E-state index contributed by atoms with van der Waals surface area (Å²) >= 11 is 1.41. The number of ether oxygens (including phenoxy) is 2. The van der Waals surface area contributed by atoms with Crippen LogP contribution in [-0.4, -0.2) is 24.1 Å². The molecular formula is C25H20FN3O2S. The molecule has 32 heavy (non-hydrogen) atoms. The minimum absolute atomic E-state index is 0.310. The number of hydrogen-bond donors (Lipinski definition) is 0. The molecule has 0 amide bonds. The first-order valence-electron chi connectivity index (χ1n) is 10.2. The Kier molecular flexibility index (Phi) is 5.56. The van der Waals surface area contributed by atoms with Crippen molar-refractivity contribution in [3.05, 3.63) is 93.9 Å². The fourth-order valence-electron chi connectivity index (χ4n) is 3.34. The summed E-state index contributed by atoms with van der Waals surface area (Å²) in [6, 6.07) is 20.2. The monoisotopic (exact) mass is 445 g/mol. The molecule has 0 spiro atoms. The number of fused-ring (bicyclic) bond motifs is 1. The Bertz CT molecular complexity index is 1360. The Hall–Kier alpha value is -3.71. The van der Waals surface area contributed by atoms with E-state index >= 15 is 0 Å². The lowest BCUT2D eigenvalue weighted by molar-refractivity contribution is 0.171. The van der Waals surface area contributed by atoms with E-state index in [0.717, 1.165) is 22.6 Å². The predicted molar refractivity (Wildman–Crippen MR) is 125 cm³/mol. The normalized spacial score (nSPS) is 13.6. The lowest BCUT2D eigenvalue weighted by Gasteiger charge is -2.18. The first kappa shape index (κ1) is 20.2. The molecule has 0 unspecified atom stereocenters. The summed E-state index contributed by atoms with van der Waals surface area (Å²) in [6.45, 7) is 3.09. The van der Waals surface area contributed by atoms with Crippen LogP contribution in [0, 0.1) is 12.7 Å². The Morgan fingerprint density at radius 1 is 0.969 bits per heavy atom. The van der Waals surface area contributed by atoms with Gasteiger partial charge in [0, 0.05) is 10.9 Å². The topological polar surface area (TPSA) is 48.1 Å². The summed E-state index contributed by atoms with van der Waals surface area (Å²) in [5, 5.41) is 6.53. The van der Waals surface area contributed by atoms with Gasteiger partial charge in [-0.25, -0.2) is 14.1 Å². The molecule has 3 aromatic carbocycles. The van der Waals surface area contributed by atoms with Crippen molar-refractivity contribution in [2.24, 2.45) is 10.1 Å². The fourth-order valence-corrected chi connectivity index (χ4v) is 4.18. The van der Waals surface area contributed by atoms with Gasteiger partial charge >= 0.3 is 0 Å². The minimum Gasteiger partial charge on any atom is -0.486 e. The van der Waals surface area contributed by atoms with Crippen molar-refractivity contribution in [3.8, 4) is 22.8 Å². The largest absolute Gasteiger partial charge is 0.486 e. The third-order valence-electron chi connectivity index (χ3n) is 4.98. The standard InChI is InChI=1S/C25H20FN3O2S/c1-17-6-9-19(10-7-17)28-25-29(22(16-32-25)20-4-2-3-5-21(20)26)27-15-18-8-11-23-24(14-18)31-13-12-30-23/h2-11,14-16H,12-13H2,1H3/b27-15+,28-25?. The highest BCUT2D eigenvalue weighted by atomic mass is 32.1. The summed E-state index contributed by atoms with van der Waals surface area (Å²) in [7, 11) is 0. The van der Waals surface area contributed by atoms with E-state index in [1.165, 1.54) is 17.4 Å². The Balaban J connectivity index is 1.60. The van der Waals surface area contributed by atoms with E-state index in [9.17, 15) is 4.39 Å². The van der Waals surface area contributed by atoms with Crippen molar-refractivity contribution in [1.82, 2.24) is 4.68 Å². The van der Waals surface area contributed by atoms with Gasteiger partial charge in [-0.3, -0.25) is 0 Å². The van der Waals surface area contributed by atoms with Gasteiger partial charge in [0.1, 0.15) is 19.0 Å². The van der Waals surface area contributed by atoms with Gasteiger partial charge in [0.2, 0.25) is 4.80 Å². The van der Waals surface area contributed by atoms with Crippen LogP contribution in [0.3, 0.4) is 0 Å². The lowest BCUT2D eigenvalue weighted by Crippen LogP contribution is -2.15. The van der Waals surface area contributed by atoms with Crippen LogP contribution >= 0.6 is 11.3 Å². The second kappa shape index (κ2) is 8.80. The van der Waals surface area contributed by atoms with Crippen LogP contribution in [0.25, 0.3) is 11.3 Å². The third kappa shape index (κ3) is 4.20. The minimum atomic E-state index is -0.310. The summed E-state index contributed by atoms with van der Waals surface area (Å²) in [5.41, 5.74) is 3.90. The molecule has 1 aromatic heterocycles. The molecule has 2 heterocycles. The van der Waals surface area contributed by atoms with E-state index in [2.05, 4.69) is 5.10 Å². The maximum atomic E-state index is 14.6. The molecule has 160 valence electrons. The highest BCUT2D eigenvalue weighted by Gasteiger charge is 2.13. The van der Waals surface area contributed by atoms with Gasteiger partial charge < -0.3 is 9.47 Å². The Morgan fingerprint density at radius 3 is 2.56 bits per heavy atom. The Morgan fingerprint density at radius 2 is 1.75 bits per heavy atom. The molecule has 5 nitrogen and oxygen atoms in total. The molecule has 0 saturated carbocycles. The highest BCUT2D eigenvalue weighted by molar-refractivity contribution is 7.07. The van der Waals surface area contributed by atoms with Crippen LogP contribution in [0.5, 0.6) is 11.5 Å². The van der Waals surface area contributed by atoms with Crippen LogP contribution in [0.15, 0.2) is 82.2 Å². The van der Waals surface area contributed by atoms with Crippen molar-refractivity contribution in [3.63, 3.8) is 0 Å². The average Bonchev–Trinajstić information content (AvgIpc) is 3.21. The van der Waals surface area contributed by atoms with E-state index in [4.69, 9.17) is 14.5 Å². The fraction of sp³-hybridized carbons (Fsp3) is 0.120. The zero-order valence-electron chi connectivity index (χ0n) is 17.4. The number of thiazole rings is 1. The van der Waals surface area contributed by atoms with E-state index in [-0.39, 0.29) is 5.82 Å². The molecular weight excluding hydrogens is 425 g/mol. The van der Waals surface area contributed by atoms with E-state index in [1.807, 2.05) is 60.8 Å². The van der Waals surface area contributed by atoms with Crippen molar-refractivity contribution in [2.75, 3.05) is 13.2 Å². The first-order chi connectivity index (χ1) is 15.7. The van der Waals surface area contributed by atoms with Crippen molar-refractivity contribution < 1.29 is 13.9 Å². The molecule has 0 aliphatic carbocycles. The van der Waals surface area contributed by atoms with Gasteiger partial charge in [-0.15, -0.1) is 11.3 Å². The molecule has 0 saturated heterocycles. The van der Waals surface area contributed by atoms with Crippen LogP contribution in [0.2, 0.25) is 0 Å². The highest BCUT2D eigenvalue weighted by Crippen LogP contribution is 2.30. The lowest BCUT2D eigenvalue weighted by atomic mass is 10.1. The van der Waals surface area contributed by atoms with Gasteiger partial charge in [0.15, 0.2) is 11.5 Å². The van der Waals surface area contributed by atoms with Gasteiger partial charge in [-0.2, -0.15) is 5.10 Å². The molecule has 7 heteroatoms. The van der Waals surface area contributed by atoms with Crippen molar-refractivity contribution >= 4 is 23.2 Å². The quantitative estimate of drug-likeness (QED) is 0.387. The molecule has 4 aromatic rings. The number of rotatable bonds is 4. The van der Waals surface area contributed by atoms with Crippen molar-refractivity contribution in [1.29, 1.82) is 0 Å². The van der Waals surface area contributed by atoms with Crippen LogP contribution in [-0.2, 0) is 0 Å². The number of hydrogen-bond acceptors (Lipinski definition) is 5. The zero-order chi connectivity index (χ0) is 21.9. The molecule has 5 rings (SSSR count). The average molecular weight is 446 g/mol. The van der Waals surface area contributed by atoms with Gasteiger partial charge in [0.05, 0.1) is 17.6 Å². The molecule has 0 fully saturated rings. The molecule has 1 aliphatic heterocycles. The number of aryl methyl sites for hydroxylation is 1. The molecule has 0 radical (unpaired) electrons. The number of halogens is 1. The van der Waals surface area contributed by atoms with Crippen LogP contribution < -0.4 is 14.3 Å². The van der Waals surface area contributed by atoms with Gasteiger partial charge in [-0.05, 0) is 55.0 Å². The second-order valence-electron chi connectivity index (χ2n) is 7.29. The number of benzene rings is 3. The van der Waals surface area contributed by atoms with Crippen molar-refractivity contribution in [2.45, 2.75) is 6.92 Å². The first-order valence-corrected chi connectivity index (χ1v) is 11.1. The maximum Gasteiger partial charge on any atom is 0.211 e. The van der Waals surface area contributed by atoms with E-state index < -0.39 is 0 Å². The number of nitrogens with zero attached hydrogens (tertiary/aromatic N) is 3. The molecule has 0 N–H and O–H groups in total. The molecule has 1 aliphatic rings. The van der Waals surface area contributed by atoms with Gasteiger partial charge in [0.25, 0.3) is 0 Å². The van der Waals surface area contributed by atoms with Crippen LogP contribution in [0.4, 0.5) is 10.1 Å². The van der Waals surface area contributed by atoms with Crippen LogP contribution in [0.1, 0.15) is 11.1 Å². The third-order valence-corrected chi connectivity index (χ3v) is 5.80. The predicted octanol–water partition coefficient (Wildman–Crippen LogP) is 5.55. The molecule has 0 bridgehead atoms. The number of aromatic nitrogens is 1.